The highest BCUT2D eigenvalue weighted by Gasteiger charge is 2.81. The minimum Gasteiger partial charge on any atom is -0.497 e. The number of ether oxygens (including phenoxy) is 1. The second kappa shape index (κ2) is 6.06. The molecule has 0 unspecified atom stereocenters. The molecule has 2 atom stereocenters. The Hall–Kier alpha value is -2.57. The van der Waals surface area contributed by atoms with Crippen molar-refractivity contribution in [3.8, 4) is 5.75 Å². The Morgan fingerprint density at radius 3 is 2.12 bits per heavy atom. The molecule has 1 aliphatic carbocycles. The first kappa shape index (κ1) is 17.3. The summed E-state index contributed by atoms with van der Waals surface area (Å²) < 4.78 is 5.09. The molecule has 1 saturated heterocycles. The topological polar surface area (TPSA) is 104 Å². The lowest BCUT2D eigenvalue weighted by Crippen LogP contribution is -2.34. The number of carbonyl (C=O) groups excluding carboxylic acids is 1. The van der Waals surface area contributed by atoms with E-state index in [1.165, 1.54) is 4.90 Å². The summed E-state index contributed by atoms with van der Waals surface area (Å²) in [6, 6.07) is 7.59. The third-order valence-electron chi connectivity index (χ3n) is 5.50. The number of methoxy groups -OCH3 is 1. The lowest BCUT2D eigenvalue weighted by molar-refractivity contribution is -0.151. The summed E-state index contributed by atoms with van der Waals surface area (Å²) in [5.74, 6) is -1.65. The fraction of sp³-hybridized carbons (Fsp3) is 0.500. The van der Waals surface area contributed by atoms with Gasteiger partial charge < -0.3 is 19.8 Å². The Balaban J connectivity index is 1.54. The summed E-state index contributed by atoms with van der Waals surface area (Å²) in [6.45, 7) is -0.00793. The molecule has 2 aliphatic rings. The molecule has 2 fully saturated rings. The number of aryl methyl sites for hydroxylation is 1. The molecule has 1 aliphatic heterocycles. The van der Waals surface area contributed by atoms with E-state index in [2.05, 4.69) is 0 Å². The molecule has 0 radical (unpaired) electrons. The van der Waals surface area contributed by atoms with Crippen molar-refractivity contribution in [2.45, 2.75) is 25.7 Å². The van der Waals surface area contributed by atoms with Crippen LogP contribution in [0.4, 0.5) is 0 Å². The van der Waals surface area contributed by atoms with E-state index in [0.29, 0.717) is 6.42 Å². The number of aliphatic carboxylic acids is 2. The number of nitrogens with zero attached hydrogens (tertiary/aromatic N) is 1. The number of piperidine rings is 1. The molecule has 0 spiro atoms. The van der Waals surface area contributed by atoms with E-state index in [4.69, 9.17) is 4.74 Å². The summed E-state index contributed by atoms with van der Waals surface area (Å²) in [5.41, 5.74) is -1.52. The van der Waals surface area contributed by atoms with Crippen LogP contribution in [-0.2, 0) is 20.8 Å². The Kier molecular flexibility index (Phi) is 4.18. The van der Waals surface area contributed by atoms with E-state index in [0.717, 1.165) is 17.7 Å². The highest BCUT2D eigenvalue weighted by atomic mass is 16.5. The summed E-state index contributed by atoms with van der Waals surface area (Å²) in [5, 5.41) is 18.8. The number of hydrogen-bond donors (Lipinski definition) is 2. The fourth-order valence-electron chi connectivity index (χ4n) is 3.86. The molecular formula is C18H21NO6. The molecule has 7 heteroatoms. The zero-order valence-corrected chi connectivity index (χ0v) is 14.0. The number of likely N-dealkylation sites (tertiary alicyclic amines) is 1. The van der Waals surface area contributed by atoms with Crippen LogP contribution in [-0.4, -0.2) is 53.2 Å². The van der Waals surface area contributed by atoms with Gasteiger partial charge in [-0.3, -0.25) is 14.4 Å². The van der Waals surface area contributed by atoms with Gasteiger partial charge in [0.2, 0.25) is 5.91 Å². The number of carboxylic acids is 2. The second-order valence-corrected chi connectivity index (χ2v) is 6.90. The van der Waals surface area contributed by atoms with Crippen molar-refractivity contribution in [2.24, 2.45) is 10.8 Å². The van der Waals surface area contributed by atoms with E-state index < -0.39 is 22.8 Å². The second-order valence-electron chi connectivity index (χ2n) is 6.90. The molecule has 1 aromatic rings. The molecule has 134 valence electrons. The molecule has 0 aromatic heterocycles. The third-order valence-corrected chi connectivity index (χ3v) is 5.50. The van der Waals surface area contributed by atoms with Crippen molar-refractivity contribution in [3.63, 3.8) is 0 Å². The van der Waals surface area contributed by atoms with Gasteiger partial charge in [0.1, 0.15) is 16.6 Å². The van der Waals surface area contributed by atoms with Crippen molar-refractivity contribution in [3.05, 3.63) is 29.8 Å². The summed E-state index contributed by atoms with van der Waals surface area (Å²) in [4.78, 5) is 36.7. The van der Waals surface area contributed by atoms with Gasteiger partial charge in [0.15, 0.2) is 0 Å². The Bertz CT molecular complexity index is 687. The van der Waals surface area contributed by atoms with Crippen LogP contribution in [0.2, 0.25) is 0 Å². The van der Waals surface area contributed by atoms with Crippen LogP contribution in [0.25, 0.3) is 0 Å². The van der Waals surface area contributed by atoms with Crippen LogP contribution < -0.4 is 4.74 Å². The molecule has 1 amide bonds. The van der Waals surface area contributed by atoms with Gasteiger partial charge in [-0.2, -0.15) is 0 Å². The summed E-state index contributed by atoms with van der Waals surface area (Å²) in [7, 11) is 1.60. The van der Waals surface area contributed by atoms with Gasteiger partial charge in [-0.05, 0) is 37.0 Å². The van der Waals surface area contributed by atoms with Gasteiger partial charge in [-0.1, -0.05) is 12.1 Å². The SMILES string of the molecule is COc1ccc(CCCC(=O)N2C[C@@]3(C(=O)O)C[C@@]3(C(=O)O)C2)cc1. The molecule has 2 N–H and O–H groups in total. The Morgan fingerprint density at radius 2 is 1.64 bits per heavy atom. The van der Waals surface area contributed by atoms with E-state index in [9.17, 15) is 24.6 Å². The van der Waals surface area contributed by atoms with Crippen LogP contribution in [0.5, 0.6) is 5.75 Å². The standard InChI is InChI=1S/C18H21NO6/c1-25-13-7-5-12(6-8-13)3-2-4-14(20)19-10-17(15(21)22)9-18(17,11-19)16(23)24/h5-8H,2-4,9-11H2,1H3,(H,21,22)(H,23,24)/t17-,18+. The van der Waals surface area contributed by atoms with Gasteiger partial charge in [0, 0.05) is 19.5 Å². The average molecular weight is 347 g/mol. The molecule has 3 rings (SSSR count). The van der Waals surface area contributed by atoms with Gasteiger partial charge in [-0.25, -0.2) is 0 Å². The third kappa shape index (κ3) is 2.73. The quantitative estimate of drug-likeness (QED) is 0.773. The van der Waals surface area contributed by atoms with Crippen LogP contribution in [0, 0.1) is 10.8 Å². The zero-order valence-electron chi connectivity index (χ0n) is 14.0. The van der Waals surface area contributed by atoms with E-state index >= 15 is 0 Å². The summed E-state index contributed by atoms with van der Waals surface area (Å²) >= 11 is 0. The van der Waals surface area contributed by atoms with Crippen molar-refractivity contribution in [1.82, 2.24) is 4.90 Å². The monoisotopic (exact) mass is 347 g/mol. The smallest absolute Gasteiger partial charge is 0.312 e. The molecule has 25 heavy (non-hydrogen) atoms. The maximum absolute atomic E-state index is 12.4. The average Bonchev–Trinajstić information content (AvgIpc) is 3.14. The van der Waals surface area contributed by atoms with Crippen LogP contribution in [0.15, 0.2) is 24.3 Å². The zero-order chi connectivity index (χ0) is 18.2. The first-order chi connectivity index (χ1) is 11.8. The maximum atomic E-state index is 12.4. The van der Waals surface area contributed by atoms with Gasteiger partial charge in [0.25, 0.3) is 0 Å². The predicted molar refractivity (Wildman–Crippen MR) is 87.3 cm³/mol. The van der Waals surface area contributed by atoms with Crippen LogP contribution in [0.3, 0.4) is 0 Å². The first-order valence-electron chi connectivity index (χ1n) is 8.22. The highest BCUT2D eigenvalue weighted by molar-refractivity contribution is 5.96. The van der Waals surface area contributed by atoms with Crippen LogP contribution >= 0.6 is 0 Å². The molecule has 0 bridgehead atoms. The molecule has 1 heterocycles. The van der Waals surface area contributed by atoms with Crippen molar-refractivity contribution >= 4 is 17.8 Å². The minimum atomic E-state index is -1.30. The number of benzene rings is 1. The van der Waals surface area contributed by atoms with E-state index in [1.807, 2.05) is 24.3 Å². The normalized spacial score (nSPS) is 26.8. The van der Waals surface area contributed by atoms with Crippen molar-refractivity contribution < 1.29 is 29.3 Å². The predicted octanol–water partition coefficient (Wildman–Crippen LogP) is 1.41. The number of carboxylic acid groups (broad SMARTS) is 2. The molecule has 7 nitrogen and oxygen atoms in total. The van der Waals surface area contributed by atoms with E-state index in [1.54, 1.807) is 7.11 Å². The van der Waals surface area contributed by atoms with Gasteiger partial charge in [-0.15, -0.1) is 0 Å². The fourth-order valence-corrected chi connectivity index (χ4v) is 3.86. The molecule has 1 aromatic carbocycles. The summed E-state index contributed by atoms with van der Waals surface area (Å²) in [6.07, 6.45) is 1.73. The lowest BCUT2D eigenvalue weighted by atomic mass is 9.97. The number of fused-ring (bicyclic) bond motifs is 1. The van der Waals surface area contributed by atoms with Gasteiger partial charge >= 0.3 is 11.9 Å². The lowest BCUT2D eigenvalue weighted by Gasteiger charge is -2.20. The Morgan fingerprint density at radius 1 is 1.08 bits per heavy atom. The van der Waals surface area contributed by atoms with Gasteiger partial charge in [0.05, 0.1) is 7.11 Å². The number of carbonyl (C=O) groups is 3. The number of hydrogen-bond acceptors (Lipinski definition) is 4. The van der Waals surface area contributed by atoms with E-state index in [-0.39, 0.29) is 31.8 Å². The van der Waals surface area contributed by atoms with Crippen molar-refractivity contribution in [2.75, 3.05) is 20.2 Å². The molecule has 1 saturated carbocycles. The van der Waals surface area contributed by atoms with Crippen molar-refractivity contribution in [1.29, 1.82) is 0 Å². The largest absolute Gasteiger partial charge is 0.497 e. The minimum absolute atomic E-state index is 0.00397. The number of amides is 1. The highest BCUT2D eigenvalue weighted by Crippen LogP contribution is 2.68. The van der Waals surface area contributed by atoms with Crippen LogP contribution in [0.1, 0.15) is 24.8 Å². The maximum Gasteiger partial charge on any atom is 0.312 e. The Labute approximate surface area is 145 Å². The number of rotatable bonds is 7. The first-order valence-corrected chi connectivity index (χ1v) is 8.22. The molecular weight excluding hydrogens is 326 g/mol.